The Bertz CT molecular complexity index is 1220. The molecule has 0 saturated heterocycles. The molecule has 0 fully saturated rings. The van der Waals surface area contributed by atoms with Gasteiger partial charge in [-0.3, -0.25) is 9.36 Å². The van der Waals surface area contributed by atoms with Crippen molar-refractivity contribution in [2.75, 3.05) is 11.1 Å². The van der Waals surface area contributed by atoms with E-state index in [-0.39, 0.29) is 17.5 Å². The summed E-state index contributed by atoms with van der Waals surface area (Å²) in [6.07, 6.45) is 0.570. The number of aryl methyl sites for hydroxylation is 2. The van der Waals surface area contributed by atoms with Crippen LogP contribution >= 0.6 is 11.8 Å². The van der Waals surface area contributed by atoms with Crippen LogP contribution in [0, 0.1) is 19.7 Å². The summed E-state index contributed by atoms with van der Waals surface area (Å²) in [7, 11) is 0. The van der Waals surface area contributed by atoms with E-state index in [2.05, 4.69) is 15.5 Å². The fourth-order valence-corrected chi connectivity index (χ4v) is 4.05. The number of benzene rings is 3. The van der Waals surface area contributed by atoms with E-state index in [1.165, 1.54) is 29.5 Å². The molecule has 4 aromatic rings. The lowest BCUT2D eigenvalue weighted by Gasteiger charge is -2.11. The first kappa shape index (κ1) is 21.8. The fourth-order valence-electron chi connectivity index (χ4n) is 3.28. The molecule has 1 amide bonds. The highest BCUT2D eigenvalue weighted by molar-refractivity contribution is 7.99. The van der Waals surface area contributed by atoms with Crippen molar-refractivity contribution in [3.05, 3.63) is 101 Å². The molecule has 4 rings (SSSR count). The zero-order valence-electron chi connectivity index (χ0n) is 17.9. The number of thioether (sulfide) groups is 1. The minimum atomic E-state index is -0.312. The first-order chi connectivity index (χ1) is 15.5. The molecule has 0 bridgehead atoms. The van der Waals surface area contributed by atoms with Crippen molar-refractivity contribution in [2.24, 2.45) is 0 Å². The van der Waals surface area contributed by atoms with Crippen LogP contribution < -0.4 is 5.32 Å². The molecular formula is C25H23FN4OS. The molecule has 0 spiro atoms. The number of nitrogens with zero attached hydrogens (tertiary/aromatic N) is 3. The molecule has 0 unspecified atom stereocenters. The van der Waals surface area contributed by atoms with Gasteiger partial charge in [0, 0.05) is 17.8 Å². The van der Waals surface area contributed by atoms with Gasteiger partial charge in [-0.15, -0.1) is 10.2 Å². The van der Waals surface area contributed by atoms with Gasteiger partial charge in [0.25, 0.3) is 0 Å². The number of anilines is 1. The number of carbonyl (C=O) groups excluding carboxylic acids is 1. The molecule has 0 saturated carbocycles. The second-order valence-corrected chi connectivity index (χ2v) is 8.45. The van der Waals surface area contributed by atoms with Crippen LogP contribution in [-0.4, -0.2) is 26.4 Å². The van der Waals surface area contributed by atoms with Crippen LogP contribution in [0.15, 0.2) is 78.0 Å². The molecule has 0 aliphatic rings. The quantitative estimate of drug-likeness (QED) is 0.389. The van der Waals surface area contributed by atoms with Crippen molar-refractivity contribution < 1.29 is 9.18 Å². The van der Waals surface area contributed by atoms with Crippen molar-refractivity contribution in [2.45, 2.75) is 25.4 Å². The van der Waals surface area contributed by atoms with E-state index >= 15 is 0 Å². The van der Waals surface area contributed by atoms with Crippen molar-refractivity contribution in [3.8, 4) is 5.69 Å². The number of amides is 1. The van der Waals surface area contributed by atoms with Crippen LogP contribution in [0.2, 0.25) is 0 Å². The maximum atomic E-state index is 13.5. The number of halogens is 1. The minimum absolute atomic E-state index is 0.128. The van der Waals surface area contributed by atoms with Crippen LogP contribution in [0.4, 0.5) is 10.1 Å². The Labute approximate surface area is 190 Å². The van der Waals surface area contributed by atoms with Crippen LogP contribution in [0.25, 0.3) is 5.69 Å². The summed E-state index contributed by atoms with van der Waals surface area (Å²) in [5, 5.41) is 12.2. The Kier molecular flexibility index (Phi) is 6.66. The normalized spacial score (nSPS) is 10.8. The van der Waals surface area contributed by atoms with Crippen molar-refractivity contribution in [1.29, 1.82) is 0 Å². The van der Waals surface area contributed by atoms with Crippen LogP contribution in [0.1, 0.15) is 22.5 Å². The molecule has 0 aliphatic heterocycles. The summed E-state index contributed by atoms with van der Waals surface area (Å²) in [4.78, 5) is 12.5. The lowest BCUT2D eigenvalue weighted by molar-refractivity contribution is -0.113. The first-order valence-corrected chi connectivity index (χ1v) is 11.2. The van der Waals surface area contributed by atoms with Gasteiger partial charge in [0.15, 0.2) is 5.16 Å². The summed E-state index contributed by atoms with van der Waals surface area (Å²) >= 11 is 1.30. The average Bonchev–Trinajstić information content (AvgIpc) is 3.18. The second kappa shape index (κ2) is 9.78. The Balaban J connectivity index is 1.54. The summed E-state index contributed by atoms with van der Waals surface area (Å²) in [6, 6.07) is 22.0. The number of nitrogens with one attached hydrogen (secondary N) is 1. The molecule has 5 nitrogen and oxygen atoms in total. The maximum absolute atomic E-state index is 13.5. The summed E-state index contributed by atoms with van der Waals surface area (Å²) in [5.41, 5.74) is 4.91. The van der Waals surface area contributed by atoms with Crippen LogP contribution in [0.5, 0.6) is 0 Å². The van der Waals surface area contributed by atoms with Crippen molar-refractivity contribution in [1.82, 2.24) is 14.8 Å². The summed E-state index contributed by atoms with van der Waals surface area (Å²) in [5.74, 6) is 0.460. The highest BCUT2D eigenvalue weighted by Crippen LogP contribution is 2.24. The smallest absolute Gasteiger partial charge is 0.234 e. The molecule has 1 aromatic heterocycles. The van der Waals surface area contributed by atoms with E-state index in [1.54, 1.807) is 12.1 Å². The van der Waals surface area contributed by atoms with E-state index in [9.17, 15) is 9.18 Å². The fraction of sp³-hybridized carbons (Fsp3) is 0.160. The topological polar surface area (TPSA) is 59.8 Å². The SMILES string of the molecule is Cc1ccc(NC(=O)CSc2nnc(Cc3ccccc3)n2-c2ccc(F)cc2)cc1C. The average molecular weight is 447 g/mol. The van der Waals surface area contributed by atoms with Gasteiger partial charge in [-0.1, -0.05) is 48.2 Å². The maximum Gasteiger partial charge on any atom is 0.234 e. The van der Waals surface area contributed by atoms with E-state index in [1.807, 2.05) is 66.9 Å². The summed E-state index contributed by atoms with van der Waals surface area (Å²) < 4.78 is 15.4. The third-order valence-electron chi connectivity index (χ3n) is 5.11. The number of aromatic nitrogens is 3. The molecule has 32 heavy (non-hydrogen) atoms. The lowest BCUT2D eigenvalue weighted by Crippen LogP contribution is -2.15. The Hall–Kier alpha value is -3.45. The molecular weight excluding hydrogens is 423 g/mol. The predicted molar refractivity (Wildman–Crippen MR) is 126 cm³/mol. The molecule has 1 heterocycles. The Morgan fingerprint density at radius 2 is 1.72 bits per heavy atom. The molecule has 7 heteroatoms. The van der Waals surface area contributed by atoms with Crippen molar-refractivity contribution in [3.63, 3.8) is 0 Å². The van der Waals surface area contributed by atoms with E-state index < -0.39 is 0 Å². The predicted octanol–water partition coefficient (Wildman–Crippen LogP) is 5.34. The number of hydrogen-bond acceptors (Lipinski definition) is 4. The van der Waals surface area contributed by atoms with E-state index in [4.69, 9.17) is 0 Å². The Morgan fingerprint density at radius 3 is 2.44 bits per heavy atom. The van der Waals surface area contributed by atoms with Gasteiger partial charge in [-0.05, 0) is 66.9 Å². The molecule has 0 radical (unpaired) electrons. The standard InChI is InChI=1S/C25H23FN4OS/c1-17-8-11-21(14-18(17)2)27-24(31)16-32-25-29-28-23(15-19-6-4-3-5-7-19)30(25)22-12-9-20(26)10-13-22/h3-14H,15-16H2,1-2H3,(H,27,31). The number of carbonyl (C=O) groups is 1. The lowest BCUT2D eigenvalue weighted by atomic mass is 10.1. The third-order valence-corrected chi connectivity index (χ3v) is 6.04. The van der Waals surface area contributed by atoms with Crippen molar-refractivity contribution >= 4 is 23.4 Å². The zero-order chi connectivity index (χ0) is 22.5. The van der Waals surface area contributed by atoms with Gasteiger partial charge in [-0.25, -0.2) is 4.39 Å². The van der Waals surface area contributed by atoms with Gasteiger partial charge < -0.3 is 5.32 Å². The van der Waals surface area contributed by atoms with Crippen LogP contribution in [0.3, 0.4) is 0 Å². The molecule has 3 aromatic carbocycles. The molecule has 0 atom stereocenters. The minimum Gasteiger partial charge on any atom is -0.325 e. The monoisotopic (exact) mass is 446 g/mol. The molecule has 0 aliphatic carbocycles. The molecule has 1 N–H and O–H groups in total. The summed E-state index contributed by atoms with van der Waals surface area (Å²) in [6.45, 7) is 4.05. The van der Waals surface area contributed by atoms with Gasteiger partial charge in [0.1, 0.15) is 11.6 Å². The zero-order valence-corrected chi connectivity index (χ0v) is 18.7. The second-order valence-electron chi connectivity index (χ2n) is 7.51. The first-order valence-electron chi connectivity index (χ1n) is 10.2. The number of hydrogen-bond donors (Lipinski definition) is 1. The third kappa shape index (κ3) is 5.23. The van der Waals surface area contributed by atoms with Gasteiger partial charge in [-0.2, -0.15) is 0 Å². The van der Waals surface area contributed by atoms with E-state index in [0.29, 0.717) is 11.6 Å². The van der Waals surface area contributed by atoms with Gasteiger partial charge >= 0.3 is 0 Å². The number of rotatable bonds is 7. The Morgan fingerprint density at radius 1 is 0.969 bits per heavy atom. The van der Waals surface area contributed by atoms with Gasteiger partial charge in [0.2, 0.25) is 5.91 Å². The van der Waals surface area contributed by atoms with Gasteiger partial charge in [0.05, 0.1) is 5.75 Å². The van der Waals surface area contributed by atoms with E-state index in [0.717, 1.165) is 28.3 Å². The molecule has 162 valence electrons. The highest BCUT2D eigenvalue weighted by Gasteiger charge is 2.16. The highest BCUT2D eigenvalue weighted by atomic mass is 32.2. The van der Waals surface area contributed by atoms with Crippen LogP contribution in [-0.2, 0) is 11.2 Å². The largest absolute Gasteiger partial charge is 0.325 e.